The Balaban J connectivity index is 1.54. The van der Waals surface area contributed by atoms with Gasteiger partial charge in [-0.1, -0.05) is 17.7 Å². The van der Waals surface area contributed by atoms with Crippen molar-refractivity contribution in [3.63, 3.8) is 0 Å². The molecule has 1 aromatic heterocycles. The third-order valence-electron chi connectivity index (χ3n) is 4.41. The minimum atomic E-state index is -0.827. The van der Waals surface area contributed by atoms with Crippen LogP contribution < -0.4 is 20.1 Å². The van der Waals surface area contributed by atoms with E-state index in [4.69, 9.17) is 26.2 Å². The van der Waals surface area contributed by atoms with Crippen molar-refractivity contribution in [3.8, 4) is 11.5 Å². The van der Waals surface area contributed by atoms with Gasteiger partial charge < -0.3 is 25.2 Å². The summed E-state index contributed by atoms with van der Waals surface area (Å²) in [5.74, 6) is 1.70. The lowest BCUT2D eigenvalue weighted by atomic mass is 10.2. The van der Waals surface area contributed by atoms with Crippen molar-refractivity contribution in [3.05, 3.63) is 47.0 Å². The molecule has 0 aliphatic carbocycles. The third kappa shape index (κ3) is 4.60. The standard InChI is InChI=1S/C20H19ClN4O4/c21-13-4-5-15-14(9-13)19(25-20(24-15)22-7-1-2-18(26)27)23-10-12-3-6-16-17(8-12)29-11-28-16/h3-6,8-9H,1-2,7,10-11H2,(H,26,27)(H2,22,23,24,25). The second-order valence-corrected chi connectivity index (χ2v) is 6.96. The van der Waals surface area contributed by atoms with Crippen LogP contribution in [0.5, 0.6) is 11.5 Å². The number of hydrogen-bond donors (Lipinski definition) is 3. The zero-order chi connectivity index (χ0) is 20.2. The maximum Gasteiger partial charge on any atom is 0.303 e. The zero-order valence-corrected chi connectivity index (χ0v) is 16.2. The van der Waals surface area contributed by atoms with Gasteiger partial charge in [0.1, 0.15) is 5.82 Å². The molecule has 8 nitrogen and oxygen atoms in total. The molecule has 0 radical (unpaired) electrons. The molecular formula is C20H19ClN4O4. The van der Waals surface area contributed by atoms with Gasteiger partial charge in [0.2, 0.25) is 12.7 Å². The van der Waals surface area contributed by atoms with Crippen molar-refractivity contribution in [1.82, 2.24) is 9.97 Å². The van der Waals surface area contributed by atoms with E-state index in [-0.39, 0.29) is 13.2 Å². The van der Waals surface area contributed by atoms with E-state index in [1.165, 1.54) is 0 Å². The normalized spacial score (nSPS) is 12.2. The van der Waals surface area contributed by atoms with Gasteiger partial charge in [-0.25, -0.2) is 4.98 Å². The van der Waals surface area contributed by atoms with Crippen molar-refractivity contribution < 1.29 is 19.4 Å². The van der Waals surface area contributed by atoms with Crippen molar-refractivity contribution in [1.29, 1.82) is 0 Å². The molecule has 29 heavy (non-hydrogen) atoms. The average Bonchev–Trinajstić information content (AvgIpc) is 3.17. The largest absolute Gasteiger partial charge is 0.481 e. The number of ether oxygens (including phenoxy) is 2. The van der Waals surface area contributed by atoms with Gasteiger partial charge in [-0.05, 0) is 42.3 Å². The Morgan fingerprint density at radius 2 is 1.97 bits per heavy atom. The molecule has 0 unspecified atom stereocenters. The number of hydrogen-bond acceptors (Lipinski definition) is 7. The number of carboxylic acid groups (broad SMARTS) is 1. The van der Waals surface area contributed by atoms with Gasteiger partial charge in [-0.2, -0.15) is 4.98 Å². The first-order valence-corrected chi connectivity index (χ1v) is 9.51. The average molecular weight is 415 g/mol. The number of anilines is 2. The summed E-state index contributed by atoms with van der Waals surface area (Å²) in [6.07, 6.45) is 0.572. The van der Waals surface area contributed by atoms with Gasteiger partial charge in [0.05, 0.1) is 5.52 Å². The topological polar surface area (TPSA) is 106 Å². The van der Waals surface area contributed by atoms with Crippen LogP contribution in [0.25, 0.3) is 10.9 Å². The van der Waals surface area contributed by atoms with Crippen LogP contribution in [0, 0.1) is 0 Å². The number of aromatic nitrogens is 2. The Kier molecular flexibility index (Phi) is 5.53. The second kappa shape index (κ2) is 8.40. The minimum absolute atomic E-state index is 0.0887. The fourth-order valence-corrected chi connectivity index (χ4v) is 3.16. The molecular weight excluding hydrogens is 396 g/mol. The van der Waals surface area contributed by atoms with E-state index in [0.717, 1.165) is 28.0 Å². The van der Waals surface area contributed by atoms with Gasteiger partial charge in [0, 0.05) is 29.9 Å². The fourth-order valence-electron chi connectivity index (χ4n) is 2.99. The number of carbonyl (C=O) groups is 1. The first kappa shape index (κ1) is 19.1. The van der Waals surface area contributed by atoms with Crippen LogP contribution >= 0.6 is 11.6 Å². The predicted octanol–water partition coefficient (Wildman–Crippen LogP) is 3.90. The third-order valence-corrected chi connectivity index (χ3v) is 4.64. The summed E-state index contributed by atoms with van der Waals surface area (Å²) in [7, 11) is 0. The predicted molar refractivity (Wildman–Crippen MR) is 110 cm³/mol. The molecule has 0 spiro atoms. The lowest BCUT2D eigenvalue weighted by Gasteiger charge is -2.12. The van der Waals surface area contributed by atoms with E-state index in [1.807, 2.05) is 30.3 Å². The first-order valence-electron chi connectivity index (χ1n) is 9.14. The Hall–Kier alpha value is -3.26. The number of nitrogens with one attached hydrogen (secondary N) is 2. The van der Waals surface area contributed by atoms with Crippen molar-refractivity contribution in [2.45, 2.75) is 19.4 Å². The summed E-state index contributed by atoms with van der Waals surface area (Å²) in [5.41, 5.74) is 1.75. The summed E-state index contributed by atoms with van der Waals surface area (Å²) < 4.78 is 10.8. The summed E-state index contributed by atoms with van der Waals surface area (Å²) in [6.45, 7) is 1.22. The molecule has 2 aromatic carbocycles. The highest BCUT2D eigenvalue weighted by molar-refractivity contribution is 6.31. The number of fused-ring (bicyclic) bond motifs is 2. The Morgan fingerprint density at radius 1 is 1.10 bits per heavy atom. The summed E-state index contributed by atoms with van der Waals surface area (Å²) >= 11 is 6.16. The van der Waals surface area contributed by atoms with E-state index in [1.54, 1.807) is 6.07 Å². The number of rotatable bonds is 8. The number of nitrogens with zero attached hydrogens (tertiary/aromatic N) is 2. The molecule has 0 bridgehead atoms. The van der Waals surface area contributed by atoms with E-state index >= 15 is 0 Å². The molecule has 3 aromatic rings. The minimum Gasteiger partial charge on any atom is -0.481 e. The molecule has 150 valence electrons. The molecule has 0 amide bonds. The van der Waals surface area contributed by atoms with Crippen molar-refractivity contribution in [2.75, 3.05) is 24.0 Å². The van der Waals surface area contributed by atoms with Gasteiger partial charge >= 0.3 is 5.97 Å². The van der Waals surface area contributed by atoms with E-state index < -0.39 is 5.97 Å². The van der Waals surface area contributed by atoms with Gasteiger partial charge in [-0.15, -0.1) is 0 Å². The molecule has 9 heteroatoms. The number of carboxylic acids is 1. The van der Waals surface area contributed by atoms with Gasteiger partial charge in [-0.3, -0.25) is 4.79 Å². The Labute approximate surface area is 171 Å². The lowest BCUT2D eigenvalue weighted by Crippen LogP contribution is -2.10. The van der Waals surface area contributed by atoms with Crippen LogP contribution in [-0.4, -0.2) is 34.4 Å². The van der Waals surface area contributed by atoms with Crippen LogP contribution in [0.4, 0.5) is 11.8 Å². The molecule has 2 heterocycles. The highest BCUT2D eigenvalue weighted by atomic mass is 35.5. The number of benzene rings is 2. The quantitative estimate of drug-likeness (QED) is 0.476. The Bertz CT molecular complexity index is 1060. The highest BCUT2D eigenvalue weighted by Gasteiger charge is 2.14. The monoisotopic (exact) mass is 414 g/mol. The van der Waals surface area contributed by atoms with Crippen molar-refractivity contribution in [2.24, 2.45) is 0 Å². The zero-order valence-electron chi connectivity index (χ0n) is 15.4. The lowest BCUT2D eigenvalue weighted by molar-refractivity contribution is -0.137. The molecule has 0 saturated carbocycles. The van der Waals surface area contributed by atoms with E-state index in [9.17, 15) is 4.79 Å². The van der Waals surface area contributed by atoms with Crippen molar-refractivity contribution >= 4 is 40.2 Å². The molecule has 1 aliphatic rings. The van der Waals surface area contributed by atoms with Crippen LogP contribution in [-0.2, 0) is 11.3 Å². The first-order chi connectivity index (χ1) is 14.1. The molecule has 0 atom stereocenters. The SMILES string of the molecule is O=C(O)CCCNc1nc(NCc2ccc3c(c2)OCO3)c2cc(Cl)ccc2n1. The number of aliphatic carboxylic acids is 1. The highest BCUT2D eigenvalue weighted by Crippen LogP contribution is 2.33. The fraction of sp³-hybridized carbons (Fsp3) is 0.250. The molecule has 3 N–H and O–H groups in total. The molecule has 4 rings (SSSR count). The van der Waals surface area contributed by atoms with Crippen LogP contribution in [0.3, 0.4) is 0 Å². The number of halogens is 1. The summed E-state index contributed by atoms with van der Waals surface area (Å²) in [5, 5.41) is 16.6. The summed E-state index contributed by atoms with van der Waals surface area (Å²) in [6, 6.07) is 11.2. The molecule has 1 aliphatic heterocycles. The molecule has 0 fully saturated rings. The smallest absolute Gasteiger partial charge is 0.303 e. The van der Waals surface area contributed by atoms with Crippen LogP contribution in [0.1, 0.15) is 18.4 Å². The van der Waals surface area contributed by atoms with Gasteiger partial charge in [0.25, 0.3) is 0 Å². The summed E-state index contributed by atoms with van der Waals surface area (Å²) in [4.78, 5) is 19.7. The maximum absolute atomic E-state index is 10.7. The van der Waals surface area contributed by atoms with E-state index in [0.29, 0.717) is 36.3 Å². The van der Waals surface area contributed by atoms with Gasteiger partial charge in [0.15, 0.2) is 11.5 Å². The molecule has 0 saturated heterocycles. The maximum atomic E-state index is 10.7. The van der Waals surface area contributed by atoms with Crippen LogP contribution in [0.15, 0.2) is 36.4 Å². The Morgan fingerprint density at radius 3 is 2.83 bits per heavy atom. The second-order valence-electron chi connectivity index (χ2n) is 6.52. The van der Waals surface area contributed by atoms with Crippen LogP contribution in [0.2, 0.25) is 5.02 Å². The van der Waals surface area contributed by atoms with E-state index in [2.05, 4.69) is 20.6 Å².